The maximum absolute atomic E-state index is 12.6. The molecule has 1 aliphatic rings. The second-order valence-corrected chi connectivity index (χ2v) is 5.78. The van der Waals surface area contributed by atoms with E-state index in [1.807, 2.05) is 0 Å². The van der Waals surface area contributed by atoms with E-state index in [0.29, 0.717) is 12.2 Å². The number of carbonyl (C=O) groups is 1. The molecule has 1 N–H and O–H groups in total. The number of hydrogen-bond acceptors (Lipinski definition) is 2. The zero-order valence-corrected chi connectivity index (χ0v) is 11.7. The second-order valence-electron chi connectivity index (χ2n) is 5.78. The van der Waals surface area contributed by atoms with Crippen molar-refractivity contribution >= 4 is 5.78 Å². The minimum absolute atomic E-state index is 0.125. The molecule has 0 unspecified atom stereocenters. The summed E-state index contributed by atoms with van der Waals surface area (Å²) < 4.78 is 0. The molecule has 1 heterocycles. The SMILES string of the molecule is Cc1cccc(C)c1CC(=O)C1(C)CCNCC1. The molecule has 1 saturated heterocycles. The van der Waals surface area contributed by atoms with Gasteiger partial charge in [0.1, 0.15) is 5.78 Å². The van der Waals surface area contributed by atoms with Crippen LogP contribution < -0.4 is 5.32 Å². The molecular weight excluding hydrogens is 222 g/mol. The van der Waals surface area contributed by atoms with Gasteiger partial charge < -0.3 is 5.32 Å². The van der Waals surface area contributed by atoms with Gasteiger partial charge in [-0.05, 0) is 56.5 Å². The molecule has 0 bridgehead atoms. The number of ketones is 1. The van der Waals surface area contributed by atoms with Crippen LogP contribution in [0.5, 0.6) is 0 Å². The van der Waals surface area contributed by atoms with Crippen molar-refractivity contribution in [1.29, 1.82) is 0 Å². The first-order valence-electron chi connectivity index (χ1n) is 6.82. The van der Waals surface area contributed by atoms with Crippen molar-refractivity contribution < 1.29 is 4.79 Å². The molecule has 0 aliphatic carbocycles. The molecule has 1 aromatic rings. The Balaban J connectivity index is 2.16. The first kappa shape index (κ1) is 13.3. The molecule has 1 fully saturated rings. The van der Waals surface area contributed by atoms with Gasteiger partial charge in [-0.2, -0.15) is 0 Å². The molecule has 0 aromatic heterocycles. The van der Waals surface area contributed by atoms with Gasteiger partial charge in [-0.25, -0.2) is 0 Å². The molecule has 1 aliphatic heterocycles. The lowest BCUT2D eigenvalue weighted by Gasteiger charge is -2.33. The first-order chi connectivity index (χ1) is 8.53. The van der Waals surface area contributed by atoms with Crippen LogP contribution in [0.3, 0.4) is 0 Å². The molecule has 98 valence electrons. The number of Topliss-reactive ketones (excluding diaryl/α,β-unsaturated/α-hetero) is 1. The fourth-order valence-electron chi connectivity index (χ4n) is 2.76. The lowest BCUT2D eigenvalue weighted by atomic mass is 9.75. The van der Waals surface area contributed by atoms with Crippen molar-refractivity contribution in [3.63, 3.8) is 0 Å². The Bertz CT molecular complexity index is 424. The maximum Gasteiger partial charge on any atom is 0.143 e. The van der Waals surface area contributed by atoms with Crippen LogP contribution in [-0.4, -0.2) is 18.9 Å². The predicted octanol–water partition coefficient (Wildman–Crippen LogP) is 2.80. The summed E-state index contributed by atoms with van der Waals surface area (Å²) in [5.74, 6) is 0.404. The molecule has 0 atom stereocenters. The fourth-order valence-corrected chi connectivity index (χ4v) is 2.76. The van der Waals surface area contributed by atoms with E-state index < -0.39 is 0 Å². The third kappa shape index (κ3) is 2.64. The van der Waals surface area contributed by atoms with Crippen molar-refractivity contribution in [1.82, 2.24) is 5.32 Å². The normalized spacial score (nSPS) is 18.6. The van der Waals surface area contributed by atoms with Gasteiger partial charge in [0.25, 0.3) is 0 Å². The third-order valence-electron chi connectivity index (χ3n) is 4.36. The zero-order valence-electron chi connectivity index (χ0n) is 11.7. The van der Waals surface area contributed by atoms with E-state index in [2.05, 4.69) is 44.3 Å². The minimum atomic E-state index is -0.125. The Hall–Kier alpha value is -1.15. The van der Waals surface area contributed by atoms with Gasteiger partial charge in [-0.15, -0.1) is 0 Å². The van der Waals surface area contributed by atoms with Gasteiger partial charge in [0.2, 0.25) is 0 Å². The topological polar surface area (TPSA) is 29.1 Å². The predicted molar refractivity (Wildman–Crippen MR) is 74.8 cm³/mol. The van der Waals surface area contributed by atoms with Gasteiger partial charge in [0.05, 0.1) is 0 Å². The molecule has 2 nitrogen and oxygen atoms in total. The van der Waals surface area contributed by atoms with E-state index in [0.717, 1.165) is 25.9 Å². The Kier molecular flexibility index (Phi) is 3.86. The van der Waals surface area contributed by atoms with E-state index in [9.17, 15) is 4.79 Å². The summed E-state index contributed by atoms with van der Waals surface area (Å²) in [5, 5.41) is 3.33. The maximum atomic E-state index is 12.6. The van der Waals surface area contributed by atoms with Crippen molar-refractivity contribution in [2.24, 2.45) is 5.41 Å². The minimum Gasteiger partial charge on any atom is -0.317 e. The summed E-state index contributed by atoms with van der Waals surface area (Å²) >= 11 is 0. The fraction of sp³-hybridized carbons (Fsp3) is 0.562. The van der Waals surface area contributed by atoms with E-state index in [1.54, 1.807) is 0 Å². The lowest BCUT2D eigenvalue weighted by Crippen LogP contribution is -2.40. The molecular formula is C16H23NO. The highest BCUT2D eigenvalue weighted by Gasteiger charge is 2.34. The van der Waals surface area contributed by atoms with Crippen LogP contribution in [0.15, 0.2) is 18.2 Å². The van der Waals surface area contributed by atoms with Crippen LogP contribution in [0.1, 0.15) is 36.5 Å². The van der Waals surface area contributed by atoms with Crippen LogP contribution in [0.2, 0.25) is 0 Å². The smallest absolute Gasteiger partial charge is 0.143 e. The highest BCUT2D eigenvalue weighted by Crippen LogP contribution is 2.31. The number of carbonyl (C=O) groups excluding carboxylic acids is 1. The van der Waals surface area contributed by atoms with Crippen LogP contribution in [-0.2, 0) is 11.2 Å². The molecule has 0 radical (unpaired) electrons. The quantitative estimate of drug-likeness (QED) is 0.887. The Morgan fingerprint density at radius 3 is 2.33 bits per heavy atom. The summed E-state index contributed by atoms with van der Waals surface area (Å²) in [5.41, 5.74) is 3.57. The van der Waals surface area contributed by atoms with Gasteiger partial charge in [0.15, 0.2) is 0 Å². The highest BCUT2D eigenvalue weighted by atomic mass is 16.1. The number of aryl methyl sites for hydroxylation is 2. The summed E-state index contributed by atoms with van der Waals surface area (Å²) in [6.07, 6.45) is 2.53. The number of piperidine rings is 1. The van der Waals surface area contributed by atoms with Gasteiger partial charge in [-0.1, -0.05) is 25.1 Å². The highest BCUT2D eigenvalue weighted by molar-refractivity contribution is 5.87. The van der Waals surface area contributed by atoms with Gasteiger partial charge in [-0.3, -0.25) is 4.79 Å². The van der Waals surface area contributed by atoms with Crippen molar-refractivity contribution in [2.75, 3.05) is 13.1 Å². The summed E-state index contributed by atoms with van der Waals surface area (Å²) in [6.45, 7) is 8.26. The Labute approximate surface area is 110 Å². The van der Waals surface area contributed by atoms with E-state index in [1.165, 1.54) is 16.7 Å². The van der Waals surface area contributed by atoms with Crippen LogP contribution in [0, 0.1) is 19.3 Å². The molecule has 2 rings (SSSR count). The molecule has 18 heavy (non-hydrogen) atoms. The number of rotatable bonds is 3. The Morgan fingerprint density at radius 1 is 1.22 bits per heavy atom. The third-order valence-corrected chi connectivity index (χ3v) is 4.36. The average molecular weight is 245 g/mol. The van der Waals surface area contributed by atoms with Crippen molar-refractivity contribution in [3.8, 4) is 0 Å². The van der Waals surface area contributed by atoms with Gasteiger partial charge in [0, 0.05) is 11.8 Å². The van der Waals surface area contributed by atoms with E-state index in [4.69, 9.17) is 0 Å². The largest absolute Gasteiger partial charge is 0.317 e. The van der Waals surface area contributed by atoms with E-state index >= 15 is 0 Å². The molecule has 2 heteroatoms. The van der Waals surface area contributed by atoms with Crippen molar-refractivity contribution in [3.05, 3.63) is 34.9 Å². The number of hydrogen-bond donors (Lipinski definition) is 1. The zero-order chi connectivity index (χ0) is 13.2. The molecule has 1 aromatic carbocycles. The van der Waals surface area contributed by atoms with Crippen molar-refractivity contribution in [2.45, 2.75) is 40.0 Å². The second kappa shape index (κ2) is 5.23. The monoisotopic (exact) mass is 245 g/mol. The molecule has 0 amide bonds. The van der Waals surface area contributed by atoms with Gasteiger partial charge >= 0.3 is 0 Å². The summed E-state index contributed by atoms with van der Waals surface area (Å²) in [6, 6.07) is 6.26. The standard InChI is InChI=1S/C16H23NO/c1-12-5-4-6-13(2)14(12)11-15(18)16(3)7-9-17-10-8-16/h4-6,17H,7-11H2,1-3H3. The summed E-state index contributed by atoms with van der Waals surface area (Å²) in [4.78, 5) is 12.6. The number of nitrogens with one attached hydrogen (secondary N) is 1. The molecule has 0 spiro atoms. The average Bonchev–Trinajstić information content (AvgIpc) is 2.34. The first-order valence-corrected chi connectivity index (χ1v) is 6.82. The molecule has 0 saturated carbocycles. The van der Waals surface area contributed by atoms with E-state index in [-0.39, 0.29) is 5.41 Å². The Morgan fingerprint density at radius 2 is 1.78 bits per heavy atom. The van der Waals surface area contributed by atoms with Crippen LogP contribution in [0.4, 0.5) is 0 Å². The lowest BCUT2D eigenvalue weighted by molar-refractivity contribution is -0.128. The summed E-state index contributed by atoms with van der Waals surface area (Å²) in [7, 11) is 0. The number of benzene rings is 1. The van der Waals surface area contributed by atoms with Crippen LogP contribution >= 0.6 is 0 Å². The van der Waals surface area contributed by atoms with Crippen LogP contribution in [0.25, 0.3) is 0 Å².